The molecule has 0 saturated carbocycles. The van der Waals surface area contributed by atoms with Gasteiger partial charge >= 0.3 is 0 Å². The molecule has 166 valence electrons. The van der Waals surface area contributed by atoms with Crippen molar-refractivity contribution in [1.29, 1.82) is 0 Å². The summed E-state index contributed by atoms with van der Waals surface area (Å²) in [5, 5.41) is 0.820. The van der Waals surface area contributed by atoms with E-state index in [1.165, 1.54) is 36.0 Å². The van der Waals surface area contributed by atoms with Crippen molar-refractivity contribution < 1.29 is 26.2 Å². The normalized spacial score (nSPS) is 19.8. The molecule has 0 bridgehead atoms. The maximum Gasteiger partial charge on any atom is 0.264 e. The highest BCUT2D eigenvalue weighted by Crippen LogP contribution is 2.45. The molecule has 2 aromatic carbocycles. The number of rotatable bonds is 6. The first-order valence-corrected chi connectivity index (χ1v) is 13.6. The largest absolute Gasteiger partial charge is 0.335 e. The first-order valence-electron chi connectivity index (χ1n) is 9.65. The molecule has 2 aromatic rings. The van der Waals surface area contributed by atoms with Crippen LogP contribution in [0.1, 0.15) is 16.8 Å². The molecule has 2 heterocycles. The summed E-state index contributed by atoms with van der Waals surface area (Å²) in [5.41, 5.74) is 1.10. The van der Waals surface area contributed by atoms with Crippen LogP contribution in [-0.2, 0) is 20.0 Å². The molecule has 0 amide bonds. The third-order valence-corrected chi connectivity index (χ3v) is 8.72. The Balaban J connectivity index is 1.56. The first-order chi connectivity index (χ1) is 15.2. The highest BCUT2D eigenvalue weighted by atomic mass is 32.2. The number of para-hydroxylation sites is 1. The molecule has 0 radical (unpaired) electrons. The van der Waals surface area contributed by atoms with Crippen LogP contribution in [0, 0.1) is 0 Å². The summed E-state index contributed by atoms with van der Waals surface area (Å²) in [6, 6.07) is 13.8. The number of carbonyl (C=O) groups excluding carboxylic acids is 1. The minimum Gasteiger partial charge on any atom is -0.335 e. The van der Waals surface area contributed by atoms with Crippen molar-refractivity contribution in [2.24, 2.45) is 0 Å². The van der Waals surface area contributed by atoms with Gasteiger partial charge in [-0.15, -0.1) is 0 Å². The van der Waals surface area contributed by atoms with Crippen LogP contribution >= 0.6 is 11.8 Å². The van der Waals surface area contributed by atoms with Crippen LogP contribution in [0.2, 0.25) is 0 Å². The van der Waals surface area contributed by atoms with Crippen molar-refractivity contribution in [3.05, 3.63) is 88.3 Å². The number of thioether (sulfide) groups is 1. The van der Waals surface area contributed by atoms with Crippen molar-refractivity contribution in [1.82, 2.24) is 0 Å². The van der Waals surface area contributed by atoms with Crippen molar-refractivity contribution in [3.63, 3.8) is 0 Å². The zero-order valence-corrected chi connectivity index (χ0v) is 19.2. The fourth-order valence-corrected chi connectivity index (χ4v) is 6.67. The summed E-state index contributed by atoms with van der Waals surface area (Å²) in [6.07, 6.45) is 6.45. The van der Waals surface area contributed by atoms with E-state index in [1.807, 2.05) is 29.2 Å². The summed E-state index contributed by atoms with van der Waals surface area (Å²) in [5.74, 6) is -0.862. The van der Waals surface area contributed by atoms with E-state index in [1.54, 1.807) is 24.3 Å². The summed E-state index contributed by atoms with van der Waals surface area (Å²) >= 11 is 1.49. The lowest BCUT2D eigenvalue weighted by molar-refractivity contribution is 0.104. The van der Waals surface area contributed by atoms with E-state index in [2.05, 4.69) is 0 Å². The monoisotopic (exact) mass is 489 g/mol. The lowest BCUT2D eigenvalue weighted by Crippen LogP contribution is -2.21. The zero-order valence-electron chi connectivity index (χ0n) is 16.7. The van der Waals surface area contributed by atoms with Crippen LogP contribution in [0.3, 0.4) is 0 Å². The van der Waals surface area contributed by atoms with Crippen molar-refractivity contribution in [2.45, 2.75) is 16.2 Å². The Labute approximate surface area is 190 Å². The summed E-state index contributed by atoms with van der Waals surface area (Å²) in [6.45, 7) is 0.382. The Morgan fingerprint density at radius 2 is 1.69 bits per heavy atom. The van der Waals surface area contributed by atoms with Crippen LogP contribution in [0.4, 0.5) is 5.69 Å². The third-order valence-electron chi connectivity index (χ3n) is 4.95. The molecular formula is C22H19NO6S3. The van der Waals surface area contributed by atoms with Gasteiger partial charge in [-0.05, 0) is 42.8 Å². The Morgan fingerprint density at radius 1 is 1.00 bits per heavy atom. The smallest absolute Gasteiger partial charge is 0.264 e. The predicted octanol–water partition coefficient (Wildman–Crippen LogP) is 3.83. The Hall–Kier alpha value is -2.66. The van der Waals surface area contributed by atoms with Gasteiger partial charge in [0.1, 0.15) is 4.91 Å². The molecule has 2 aliphatic rings. The summed E-state index contributed by atoms with van der Waals surface area (Å²) < 4.78 is 56.4. The van der Waals surface area contributed by atoms with Gasteiger partial charge in [-0.3, -0.25) is 9.35 Å². The SMILES string of the molecule is O=C1C(=CC=CC=C2Sc3ccccc3N2CCCS(=O)(=O)O)S(=O)(=O)c2ccccc21. The van der Waals surface area contributed by atoms with Gasteiger partial charge < -0.3 is 4.90 Å². The minimum atomic E-state index is -4.04. The molecule has 0 atom stereocenters. The van der Waals surface area contributed by atoms with E-state index in [4.69, 9.17) is 4.55 Å². The van der Waals surface area contributed by atoms with Gasteiger partial charge in [0.25, 0.3) is 10.1 Å². The molecule has 4 rings (SSSR count). The predicted molar refractivity (Wildman–Crippen MR) is 124 cm³/mol. The maximum absolute atomic E-state index is 12.6. The molecule has 1 N–H and O–H groups in total. The Kier molecular flexibility index (Phi) is 6.13. The number of fused-ring (bicyclic) bond motifs is 2. The van der Waals surface area contributed by atoms with Crippen LogP contribution in [0.15, 0.2) is 92.6 Å². The molecule has 0 saturated heterocycles. The lowest BCUT2D eigenvalue weighted by atomic mass is 10.1. The summed E-state index contributed by atoms with van der Waals surface area (Å²) in [4.78, 5) is 15.2. The van der Waals surface area contributed by atoms with Crippen LogP contribution < -0.4 is 4.90 Å². The molecule has 32 heavy (non-hydrogen) atoms. The molecule has 7 nitrogen and oxygen atoms in total. The van der Waals surface area contributed by atoms with Gasteiger partial charge in [0.15, 0.2) is 0 Å². The van der Waals surface area contributed by atoms with Crippen molar-refractivity contribution >= 4 is 43.2 Å². The Morgan fingerprint density at radius 3 is 2.44 bits per heavy atom. The van der Waals surface area contributed by atoms with Crippen LogP contribution in [0.5, 0.6) is 0 Å². The molecule has 2 aliphatic heterocycles. The number of hydrogen-bond acceptors (Lipinski definition) is 7. The number of hydrogen-bond donors (Lipinski definition) is 1. The van der Waals surface area contributed by atoms with Gasteiger partial charge in [-0.1, -0.05) is 48.2 Å². The number of benzene rings is 2. The number of Topliss-reactive ketones (excluding diaryl/α,β-unsaturated/α-hetero) is 1. The molecule has 0 aliphatic carbocycles. The number of allylic oxidation sites excluding steroid dienone is 5. The van der Waals surface area contributed by atoms with Crippen LogP contribution in [-0.4, -0.2) is 39.5 Å². The number of sulfone groups is 1. The van der Waals surface area contributed by atoms with E-state index < -0.39 is 25.7 Å². The number of carbonyl (C=O) groups is 1. The van der Waals surface area contributed by atoms with E-state index >= 15 is 0 Å². The molecule has 0 fully saturated rings. The second-order valence-electron chi connectivity index (χ2n) is 7.11. The Bertz CT molecular complexity index is 1390. The van der Waals surface area contributed by atoms with E-state index in [0.29, 0.717) is 6.54 Å². The van der Waals surface area contributed by atoms with E-state index in [-0.39, 0.29) is 27.5 Å². The average Bonchev–Trinajstić information content (AvgIpc) is 3.18. The van der Waals surface area contributed by atoms with Gasteiger partial charge in [-0.25, -0.2) is 8.42 Å². The highest BCUT2D eigenvalue weighted by Gasteiger charge is 2.38. The minimum absolute atomic E-state index is 0.0230. The number of ketones is 1. The zero-order chi connectivity index (χ0) is 22.9. The van der Waals surface area contributed by atoms with E-state index in [9.17, 15) is 21.6 Å². The first kappa shape index (κ1) is 22.5. The molecule has 10 heteroatoms. The third kappa shape index (κ3) is 4.44. The fraction of sp³-hybridized carbons (Fsp3) is 0.136. The second kappa shape index (κ2) is 8.70. The summed E-state index contributed by atoms with van der Waals surface area (Å²) in [7, 11) is -7.88. The molecule has 0 unspecified atom stereocenters. The molecular weight excluding hydrogens is 470 g/mol. The highest BCUT2D eigenvalue weighted by molar-refractivity contribution is 8.03. The number of nitrogens with zero attached hydrogens (tertiary/aromatic N) is 1. The van der Waals surface area contributed by atoms with Gasteiger partial charge in [0.2, 0.25) is 15.6 Å². The van der Waals surface area contributed by atoms with Gasteiger partial charge in [-0.2, -0.15) is 8.42 Å². The molecule has 0 spiro atoms. The topological polar surface area (TPSA) is 109 Å². The second-order valence-corrected chi connectivity index (χ2v) is 11.6. The van der Waals surface area contributed by atoms with Gasteiger partial charge in [0, 0.05) is 17.0 Å². The molecule has 0 aromatic heterocycles. The lowest BCUT2D eigenvalue weighted by Gasteiger charge is -2.19. The van der Waals surface area contributed by atoms with Crippen LogP contribution in [0.25, 0.3) is 0 Å². The quantitative estimate of drug-likeness (QED) is 0.482. The maximum atomic E-state index is 12.6. The van der Waals surface area contributed by atoms with Crippen molar-refractivity contribution in [2.75, 3.05) is 17.2 Å². The fourth-order valence-electron chi connectivity index (χ4n) is 3.52. The number of anilines is 1. The van der Waals surface area contributed by atoms with Crippen molar-refractivity contribution in [3.8, 4) is 0 Å². The average molecular weight is 490 g/mol. The van der Waals surface area contributed by atoms with Gasteiger partial charge in [0.05, 0.1) is 21.4 Å². The standard InChI is InChI=1S/C22H19NO6S3/c24-22-16-8-1-4-11-19(16)32(28,29)20(22)12-5-6-13-21-23(14-7-15-31(25,26)27)17-9-2-3-10-18(17)30-21/h1-6,8-13H,7,14-15H2,(H,25,26,27). The van der Waals surface area contributed by atoms with E-state index in [0.717, 1.165) is 15.6 Å².